The summed E-state index contributed by atoms with van der Waals surface area (Å²) in [5.74, 6) is 1.33. The molecule has 0 atom stereocenters. The minimum Gasteiger partial charge on any atom is -0.495 e. The van der Waals surface area contributed by atoms with Crippen molar-refractivity contribution < 1.29 is 9.53 Å². The Hall–Kier alpha value is -3.00. The fraction of sp³-hybridized carbons (Fsp3) is 0.167. The number of methoxy groups -OCH3 is 1. The van der Waals surface area contributed by atoms with Crippen LogP contribution >= 0.6 is 11.8 Å². The van der Waals surface area contributed by atoms with Gasteiger partial charge >= 0.3 is 0 Å². The number of nitrogens with zero attached hydrogens (tertiary/aromatic N) is 3. The second kappa shape index (κ2) is 7.92. The highest BCUT2D eigenvalue weighted by Gasteiger charge is 2.15. The molecule has 0 aliphatic carbocycles. The number of benzene rings is 2. The standard InChI is InChI=1S/C18H19N5O2S/c1-23-17(12-7-3-4-8-13(12)19)21-22-18(23)26-11-16(24)20-14-9-5-6-10-15(14)25-2/h3-10H,11,19H2,1-2H3,(H,20,24). The van der Waals surface area contributed by atoms with Crippen molar-refractivity contribution >= 4 is 29.0 Å². The number of carbonyl (C=O) groups excluding carboxylic acids is 1. The molecule has 0 unspecified atom stereocenters. The first-order chi connectivity index (χ1) is 12.6. The van der Waals surface area contributed by atoms with E-state index in [1.807, 2.05) is 48.0 Å². The third kappa shape index (κ3) is 3.80. The molecule has 8 heteroatoms. The number of hydrogen-bond donors (Lipinski definition) is 2. The van der Waals surface area contributed by atoms with Gasteiger partial charge < -0.3 is 20.4 Å². The zero-order valence-corrected chi connectivity index (χ0v) is 15.3. The van der Waals surface area contributed by atoms with Gasteiger partial charge in [-0.15, -0.1) is 10.2 Å². The number of nitrogen functional groups attached to an aromatic ring is 1. The number of nitrogens with one attached hydrogen (secondary N) is 1. The van der Waals surface area contributed by atoms with Gasteiger partial charge in [0.05, 0.1) is 18.6 Å². The number of rotatable bonds is 6. The molecular weight excluding hydrogens is 350 g/mol. The molecule has 0 aliphatic rings. The van der Waals surface area contributed by atoms with Crippen molar-refractivity contribution in [1.82, 2.24) is 14.8 Å². The van der Waals surface area contributed by atoms with Crippen LogP contribution < -0.4 is 15.8 Å². The number of nitrogens with two attached hydrogens (primary N) is 1. The summed E-state index contributed by atoms with van der Waals surface area (Å²) in [4.78, 5) is 12.2. The molecule has 3 N–H and O–H groups in total. The van der Waals surface area contributed by atoms with Crippen LogP contribution in [-0.4, -0.2) is 33.5 Å². The summed E-state index contributed by atoms with van der Waals surface area (Å²) < 4.78 is 7.06. The Morgan fingerprint density at radius 2 is 1.92 bits per heavy atom. The van der Waals surface area contributed by atoms with Gasteiger partial charge in [-0.2, -0.15) is 0 Å². The maximum Gasteiger partial charge on any atom is 0.234 e. The lowest BCUT2D eigenvalue weighted by Crippen LogP contribution is -2.15. The number of aromatic nitrogens is 3. The van der Waals surface area contributed by atoms with Gasteiger partial charge in [-0.25, -0.2) is 0 Å². The number of ether oxygens (including phenoxy) is 1. The SMILES string of the molecule is COc1ccccc1NC(=O)CSc1nnc(-c2ccccc2N)n1C. The Morgan fingerprint density at radius 1 is 1.19 bits per heavy atom. The van der Waals surface area contributed by atoms with E-state index in [0.717, 1.165) is 5.56 Å². The van der Waals surface area contributed by atoms with E-state index in [1.165, 1.54) is 11.8 Å². The second-order valence-electron chi connectivity index (χ2n) is 5.49. The molecule has 26 heavy (non-hydrogen) atoms. The summed E-state index contributed by atoms with van der Waals surface area (Å²) >= 11 is 1.30. The average Bonchev–Trinajstić information content (AvgIpc) is 3.01. The van der Waals surface area contributed by atoms with Crippen molar-refractivity contribution in [2.24, 2.45) is 7.05 Å². The van der Waals surface area contributed by atoms with Gasteiger partial charge in [0.15, 0.2) is 11.0 Å². The highest BCUT2D eigenvalue weighted by molar-refractivity contribution is 7.99. The third-order valence-corrected chi connectivity index (χ3v) is 4.77. The Kier molecular flexibility index (Phi) is 5.43. The number of hydrogen-bond acceptors (Lipinski definition) is 6. The first-order valence-electron chi connectivity index (χ1n) is 7.90. The van der Waals surface area contributed by atoms with Crippen LogP contribution in [0.15, 0.2) is 53.7 Å². The lowest BCUT2D eigenvalue weighted by Gasteiger charge is -2.09. The van der Waals surface area contributed by atoms with Crippen molar-refractivity contribution in [2.45, 2.75) is 5.16 Å². The van der Waals surface area contributed by atoms with Crippen LogP contribution in [0.5, 0.6) is 5.75 Å². The molecule has 134 valence electrons. The largest absolute Gasteiger partial charge is 0.495 e. The first-order valence-corrected chi connectivity index (χ1v) is 8.88. The lowest BCUT2D eigenvalue weighted by atomic mass is 10.2. The van der Waals surface area contributed by atoms with E-state index < -0.39 is 0 Å². The van der Waals surface area contributed by atoms with Crippen molar-refractivity contribution in [3.8, 4) is 17.1 Å². The van der Waals surface area contributed by atoms with E-state index >= 15 is 0 Å². The molecule has 7 nitrogen and oxygen atoms in total. The van der Waals surface area contributed by atoms with Crippen LogP contribution in [0.1, 0.15) is 0 Å². The van der Waals surface area contributed by atoms with Crippen LogP contribution in [0.25, 0.3) is 11.4 Å². The van der Waals surface area contributed by atoms with Crippen molar-refractivity contribution in [1.29, 1.82) is 0 Å². The van der Waals surface area contributed by atoms with E-state index in [0.29, 0.717) is 28.1 Å². The third-order valence-electron chi connectivity index (χ3n) is 3.75. The maximum atomic E-state index is 12.2. The summed E-state index contributed by atoms with van der Waals surface area (Å²) in [5.41, 5.74) is 8.08. The molecule has 1 amide bonds. The maximum absolute atomic E-state index is 12.2. The minimum atomic E-state index is -0.150. The summed E-state index contributed by atoms with van der Waals surface area (Å²) in [6.45, 7) is 0. The molecule has 3 aromatic rings. The number of anilines is 2. The molecule has 1 aromatic heterocycles. The van der Waals surface area contributed by atoms with Gasteiger partial charge in [-0.05, 0) is 24.3 Å². The number of thioether (sulfide) groups is 1. The highest BCUT2D eigenvalue weighted by Crippen LogP contribution is 2.27. The van der Waals surface area contributed by atoms with Gasteiger partial charge in [0.1, 0.15) is 5.75 Å². The zero-order valence-electron chi connectivity index (χ0n) is 14.5. The van der Waals surface area contributed by atoms with Crippen molar-refractivity contribution in [2.75, 3.05) is 23.9 Å². The Morgan fingerprint density at radius 3 is 2.69 bits per heavy atom. The predicted molar refractivity (Wildman–Crippen MR) is 103 cm³/mol. The Labute approximate surface area is 155 Å². The fourth-order valence-electron chi connectivity index (χ4n) is 2.44. The minimum absolute atomic E-state index is 0.150. The van der Waals surface area contributed by atoms with E-state index in [9.17, 15) is 4.79 Å². The first kappa shape index (κ1) is 17.8. The average molecular weight is 369 g/mol. The van der Waals surface area contributed by atoms with Crippen LogP contribution in [0.3, 0.4) is 0 Å². The van der Waals surface area contributed by atoms with E-state index in [4.69, 9.17) is 10.5 Å². The van der Waals surface area contributed by atoms with E-state index in [2.05, 4.69) is 15.5 Å². The van der Waals surface area contributed by atoms with Gasteiger partial charge in [-0.3, -0.25) is 4.79 Å². The highest BCUT2D eigenvalue weighted by atomic mass is 32.2. The Bertz CT molecular complexity index is 925. The predicted octanol–water partition coefficient (Wildman–Crippen LogP) is 2.80. The monoisotopic (exact) mass is 369 g/mol. The molecular formula is C18H19N5O2S. The van der Waals surface area contributed by atoms with Crippen LogP contribution in [-0.2, 0) is 11.8 Å². The van der Waals surface area contributed by atoms with Gasteiger partial charge in [0, 0.05) is 18.3 Å². The van der Waals surface area contributed by atoms with Crippen LogP contribution in [0.2, 0.25) is 0 Å². The fourth-order valence-corrected chi connectivity index (χ4v) is 3.15. The second-order valence-corrected chi connectivity index (χ2v) is 6.43. The molecule has 0 aliphatic heterocycles. The smallest absolute Gasteiger partial charge is 0.234 e. The molecule has 0 bridgehead atoms. The summed E-state index contributed by atoms with van der Waals surface area (Å²) in [5, 5.41) is 11.8. The molecule has 2 aromatic carbocycles. The van der Waals surface area contributed by atoms with Crippen molar-refractivity contribution in [3.05, 3.63) is 48.5 Å². The molecule has 1 heterocycles. The topological polar surface area (TPSA) is 95.1 Å². The van der Waals surface area contributed by atoms with Gasteiger partial charge in [-0.1, -0.05) is 36.0 Å². The molecule has 0 spiro atoms. The Balaban J connectivity index is 1.67. The lowest BCUT2D eigenvalue weighted by molar-refractivity contribution is -0.113. The van der Waals surface area contributed by atoms with E-state index in [1.54, 1.807) is 19.2 Å². The normalized spacial score (nSPS) is 10.5. The summed E-state index contributed by atoms with van der Waals surface area (Å²) in [6.07, 6.45) is 0. The number of carbonyl (C=O) groups is 1. The summed E-state index contributed by atoms with van der Waals surface area (Å²) in [6, 6.07) is 14.7. The molecule has 0 radical (unpaired) electrons. The number of para-hydroxylation sites is 3. The number of amides is 1. The van der Waals surface area contributed by atoms with E-state index in [-0.39, 0.29) is 11.7 Å². The summed E-state index contributed by atoms with van der Waals surface area (Å²) in [7, 11) is 3.42. The van der Waals surface area contributed by atoms with Crippen molar-refractivity contribution in [3.63, 3.8) is 0 Å². The van der Waals surface area contributed by atoms with Crippen LogP contribution in [0.4, 0.5) is 11.4 Å². The zero-order chi connectivity index (χ0) is 18.5. The molecule has 0 saturated heterocycles. The van der Waals surface area contributed by atoms with Crippen LogP contribution in [0, 0.1) is 0 Å². The van der Waals surface area contributed by atoms with Gasteiger partial charge in [0.2, 0.25) is 5.91 Å². The quantitative estimate of drug-likeness (QED) is 0.512. The molecule has 0 fully saturated rings. The molecule has 0 saturated carbocycles. The molecule has 3 rings (SSSR count). The van der Waals surface area contributed by atoms with Gasteiger partial charge in [0.25, 0.3) is 0 Å².